The van der Waals surface area contributed by atoms with E-state index in [2.05, 4.69) is 50.0 Å². The Kier molecular flexibility index (Phi) is 5.90. The van der Waals surface area contributed by atoms with Crippen molar-refractivity contribution in [2.75, 3.05) is 6.54 Å². The van der Waals surface area contributed by atoms with Crippen molar-refractivity contribution >= 4 is 16.9 Å². The predicted octanol–water partition coefficient (Wildman–Crippen LogP) is 5.04. The number of H-pyrrole nitrogens is 1. The van der Waals surface area contributed by atoms with Crippen molar-refractivity contribution < 1.29 is 9.90 Å². The highest BCUT2D eigenvalue weighted by molar-refractivity contribution is 5.91. The van der Waals surface area contributed by atoms with Gasteiger partial charge < -0.3 is 15.8 Å². The Morgan fingerprint density at radius 3 is 2.39 bits per heavy atom. The van der Waals surface area contributed by atoms with Crippen LogP contribution in [0, 0.1) is 0 Å². The number of unbranched alkanes of at least 4 members (excludes halogenated alkanes) is 1. The van der Waals surface area contributed by atoms with Crippen LogP contribution in [-0.2, 0) is 23.1 Å². The van der Waals surface area contributed by atoms with Crippen molar-refractivity contribution in [2.45, 2.75) is 51.9 Å². The third-order valence-corrected chi connectivity index (χ3v) is 5.25. The molecule has 0 bridgehead atoms. The van der Waals surface area contributed by atoms with Gasteiger partial charge in [0.05, 0.1) is 6.42 Å². The summed E-state index contributed by atoms with van der Waals surface area (Å²) < 4.78 is 0. The van der Waals surface area contributed by atoms with E-state index < -0.39 is 5.97 Å². The quantitative estimate of drug-likeness (QED) is 0.504. The van der Waals surface area contributed by atoms with Crippen molar-refractivity contribution in [3.63, 3.8) is 0 Å². The molecule has 2 aromatic carbocycles. The van der Waals surface area contributed by atoms with E-state index in [9.17, 15) is 4.79 Å². The maximum atomic E-state index is 11.1. The van der Waals surface area contributed by atoms with Crippen LogP contribution in [0.1, 0.15) is 50.3 Å². The van der Waals surface area contributed by atoms with Crippen molar-refractivity contribution in [2.24, 2.45) is 5.73 Å². The number of aromatic amines is 1. The topological polar surface area (TPSA) is 79.1 Å². The second kappa shape index (κ2) is 8.19. The fourth-order valence-electron chi connectivity index (χ4n) is 3.67. The Balaban J connectivity index is 2.06. The van der Waals surface area contributed by atoms with E-state index >= 15 is 0 Å². The van der Waals surface area contributed by atoms with Crippen molar-refractivity contribution in [1.29, 1.82) is 0 Å². The Hall–Kier alpha value is -2.59. The number of carboxylic acid groups (broad SMARTS) is 1. The van der Waals surface area contributed by atoms with Crippen LogP contribution in [-0.4, -0.2) is 22.6 Å². The molecule has 1 heterocycles. The average Bonchev–Trinajstić information content (AvgIpc) is 2.99. The van der Waals surface area contributed by atoms with Crippen LogP contribution in [0.3, 0.4) is 0 Å². The number of nitrogens with two attached hydrogens (primary N) is 1. The van der Waals surface area contributed by atoms with Gasteiger partial charge in [-0.1, -0.05) is 51.1 Å². The van der Waals surface area contributed by atoms with Crippen LogP contribution in [0.5, 0.6) is 0 Å². The minimum Gasteiger partial charge on any atom is -0.481 e. The van der Waals surface area contributed by atoms with E-state index in [-0.39, 0.29) is 11.8 Å². The molecule has 0 radical (unpaired) electrons. The van der Waals surface area contributed by atoms with Gasteiger partial charge in [0.1, 0.15) is 0 Å². The monoisotopic (exact) mass is 378 g/mol. The first-order valence-electron chi connectivity index (χ1n) is 9.96. The Labute approximate surface area is 166 Å². The van der Waals surface area contributed by atoms with Crippen LogP contribution >= 0.6 is 0 Å². The fraction of sp³-hybridized carbons (Fsp3) is 0.375. The fourth-order valence-corrected chi connectivity index (χ4v) is 3.67. The van der Waals surface area contributed by atoms with Crippen molar-refractivity contribution in [3.8, 4) is 11.3 Å². The molecule has 0 fully saturated rings. The molecular formula is C24H30N2O2. The lowest BCUT2D eigenvalue weighted by atomic mass is 9.86. The lowest BCUT2D eigenvalue weighted by molar-refractivity contribution is -0.136. The molecule has 0 aliphatic rings. The zero-order valence-corrected chi connectivity index (χ0v) is 17.0. The largest absolute Gasteiger partial charge is 0.481 e. The van der Waals surface area contributed by atoms with Gasteiger partial charge in [-0.3, -0.25) is 4.79 Å². The molecule has 4 heteroatoms. The van der Waals surface area contributed by atoms with Gasteiger partial charge in [0.15, 0.2) is 0 Å². The van der Waals surface area contributed by atoms with Crippen molar-refractivity contribution in [1.82, 2.24) is 4.98 Å². The molecule has 1 aromatic heterocycles. The first kappa shape index (κ1) is 20.2. The minimum absolute atomic E-state index is 0.0406. The number of carboxylic acids is 1. The van der Waals surface area contributed by atoms with Gasteiger partial charge >= 0.3 is 5.97 Å². The Morgan fingerprint density at radius 2 is 1.79 bits per heavy atom. The van der Waals surface area contributed by atoms with E-state index in [0.717, 1.165) is 47.0 Å². The summed E-state index contributed by atoms with van der Waals surface area (Å²) >= 11 is 0. The minimum atomic E-state index is -0.808. The summed E-state index contributed by atoms with van der Waals surface area (Å²) in [7, 11) is 0. The van der Waals surface area contributed by atoms with Gasteiger partial charge in [-0.05, 0) is 65.6 Å². The van der Waals surface area contributed by atoms with Gasteiger partial charge in [0, 0.05) is 16.6 Å². The molecular weight excluding hydrogens is 348 g/mol. The number of aromatic nitrogens is 1. The molecule has 0 amide bonds. The smallest absolute Gasteiger partial charge is 0.307 e. The lowest BCUT2D eigenvalue weighted by Crippen LogP contribution is -2.10. The summed E-state index contributed by atoms with van der Waals surface area (Å²) in [6, 6.07) is 14.6. The number of hydrogen-bond donors (Lipinski definition) is 3. The maximum Gasteiger partial charge on any atom is 0.307 e. The number of aryl methyl sites for hydroxylation is 1. The molecule has 0 saturated heterocycles. The molecule has 0 aliphatic heterocycles. The molecule has 3 aromatic rings. The van der Waals surface area contributed by atoms with Crippen LogP contribution in [0.15, 0.2) is 42.5 Å². The maximum absolute atomic E-state index is 11.1. The number of hydrogen-bond acceptors (Lipinski definition) is 2. The number of carbonyl (C=O) groups is 1. The van der Waals surface area contributed by atoms with Crippen LogP contribution in [0.25, 0.3) is 22.2 Å². The molecule has 0 aliphatic carbocycles. The number of benzene rings is 2. The summed E-state index contributed by atoms with van der Waals surface area (Å²) in [6.07, 6.45) is 2.95. The second-order valence-electron chi connectivity index (χ2n) is 8.50. The summed E-state index contributed by atoms with van der Waals surface area (Å²) in [5.41, 5.74) is 12.5. The number of aliphatic carboxylic acids is 1. The zero-order valence-electron chi connectivity index (χ0n) is 17.0. The summed E-state index contributed by atoms with van der Waals surface area (Å²) in [6.45, 7) is 7.33. The van der Waals surface area contributed by atoms with Crippen LogP contribution in [0.4, 0.5) is 0 Å². The van der Waals surface area contributed by atoms with E-state index in [1.54, 1.807) is 0 Å². The molecule has 4 nitrogen and oxygen atoms in total. The lowest BCUT2D eigenvalue weighted by Gasteiger charge is -2.19. The molecule has 0 saturated carbocycles. The first-order chi connectivity index (χ1) is 13.3. The van der Waals surface area contributed by atoms with Crippen molar-refractivity contribution in [3.05, 3.63) is 59.2 Å². The van der Waals surface area contributed by atoms with Crippen LogP contribution in [0.2, 0.25) is 0 Å². The molecule has 148 valence electrons. The SMILES string of the molecule is CC(C)(C)c1ccc(-c2[nH]c3ccc(CC(=O)O)cc3c2CCCCN)cc1. The normalized spacial score (nSPS) is 11.9. The molecule has 28 heavy (non-hydrogen) atoms. The average molecular weight is 379 g/mol. The Bertz CT molecular complexity index is 963. The highest BCUT2D eigenvalue weighted by Crippen LogP contribution is 2.33. The van der Waals surface area contributed by atoms with Gasteiger partial charge in [0.2, 0.25) is 0 Å². The number of nitrogens with one attached hydrogen (secondary N) is 1. The standard InChI is InChI=1S/C24H30N2O2/c1-24(2,3)18-10-8-17(9-11-18)23-19(6-4-5-13-25)20-14-16(15-22(27)28)7-12-21(20)26-23/h7-12,14,26H,4-6,13,15,25H2,1-3H3,(H,27,28). The highest BCUT2D eigenvalue weighted by atomic mass is 16.4. The van der Waals surface area contributed by atoms with Gasteiger partial charge in [-0.15, -0.1) is 0 Å². The number of rotatable bonds is 7. The molecule has 0 spiro atoms. The van der Waals surface area contributed by atoms with Gasteiger partial charge in [-0.2, -0.15) is 0 Å². The third-order valence-electron chi connectivity index (χ3n) is 5.25. The van der Waals surface area contributed by atoms with Gasteiger partial charge in [0.25, 0.3) is 0 Å². The van der Waals surface area contributed by atoms with Crippen LogP contribution < -0.4 is 5.73 Å². The summed E-state index contributed by atoms with van der Waals surface area (Å²) in [5.74, 6) is -0.808. The molecule has 0 atom stereocenters. The third kappa shape index (κ3) is 4.45. The molecule has 4 N–H and O–H groups in total. The van der Waals surface area contributed by atoms with E-state index in [1.807, 2.05) is 18.2 Å². The highest BCUT2D eigenvalue weighted by Gasteiger charge is 2.17. The van der Waals surface area contributed by atoms with Gasteiger partial charge in [-0.25, -0.2) is 0 Å². The second-order valence-corrected chi connectivity index (χ2v) is 8.50. The zero-order chi connectivity index (χ0) is 20.3. The first-order valence-corrected chi connectivity index (χ1v) is 9.96. The Morgan fingerprint density at radius 1 is 1.07 bits per heavy atom. The van der Waals surface area contributed by atoms with E-state index in [1.165, 1.54) is 11.1 Å². The summed E-state index contributed by atoms with van der Waals surface area (Å²) in [4.78, 5) is 14.7. The molecule has 0 unspecified atom stereocenters. The van der Waals surface area contributed by atoms with E-state index in [4.69, 9.17) is 10.8 Å². The summed E-state index contributed by atoms with van der Waals surface area (Å²) in [5, 5.41) is 10.3. The number of fused-ring (bicyclic) bond motifs is 1. The molecule has 3 rings (SSSR count). The van der Waals surface area contributed by atoms with E-state index in [0.29, 0.717) is 6.54 Å². The predicted molar refractivity (Wildman–Crippen MR) is 116 cm³/mol.